The van der Waals surface area contributed by atoms with Crippen LogP contribution >= 0.6 is 0 Å². The van der Waals surface area contributed by atoms with Crippen LogP contribution in [0.25, 0.3) is 11.3 Å². The van der Waals surface area contributed by atoms with Crippen LogP contribution in [0.1, 0.15) is 34.6 Å². The van der Waals surface area contributed by atoms with E-state index in [2.05, 4.69) is 20.7 Å². The van der Waals surface area contributed by atoms with Gasteiger partial charge in [-0.25, -0.2) is 4.68 Å². The Hall–Kier alpha value is -3.80. The van der Waals surface area contributed by atoms with Crippen LogP contribution < -0.4 is 20.1 Å². The monoisotopic (exact) mass is 516 g/mol. The Bertz CT molecular complexity index is 1270. The number of methoxy groups -OCH3 is 2. The van der Waals surface area contributed by atoms with Gasteiger partial charge in [-0.2, -0.15) is 18.3 Å². The number of alkyl halides is 3. The number of pyridine rings is 1. The fraction of sp³-hybridized carbons (Fsp3) is 0.400. The lowest BCUT2D eigenvalue weighted by Gasteiger charge is -2.33. The highest BCUT2D eigenvalue weighted by Crippen LogP contribution is 2.45. The number of aromatic nitrogens is 3. The van der Waals surface area contributed by atoms with E-state index in [1.54, 1.807) is 41.3 Å². The molecule has 3 aromatic rings. The maximum atomic E-state index is 14.1. The quantitative estimate of drug-likeness (QED) is 0.535. The minimum absolute atomic E-state index is 0.172. The Balaban J connectivity index is 1.42. The van der Waals surface area contributed by atoms with E-state index in [0.29, 0.717) is 41.4 Å². The number of hydrogen-bond acceptors (Lipinski definition) is 7. The van der Waals surface area contributed by atoms with Crippen molar-refractivity contribution in [1.82, 2.24) is 25.0 Å². The molecule has 2 aliphatic rings. The summed E-state index contributed by atoms with van der Waals surface area (Å²) in [6.07, 6.45) is -3.28. The van der Waals surface area contributed by atoms with Crippen molar-refractivity contribution >= 4 is 11.7 Å². The van der Waals surface area contributed by atoms with Crippen molar-refractivity contribution in [2.75, 3.05) is 45.7 Å². The van der Waals surface area contributed by atoms with Crippen LogP contribution in [0.4, 0.5) is 19.0 Å². The number of amides is 1. The molecule has 1 fully saturated rings. The topological polar surface area (TPSA) is 93.5 Å². The second-order valence-corrected chi connectivity index (χ2v) is 8.94. The predicted octanol–water partition coefficient (Wildman–Crippen LogP) is 3.67. The normalized spacial score (nSPS) is 19.6. The van der Waals surface area contributed by atoms with Gasteiger partial charge in [-0.3, -0.25) is 9.78 Å². The van der Waals surface area contributed by atoms with Gasteiger partial charge in [0.05, 0.1) is 26.0 Å². The number of ether oxygens (including phenoxy) is 2. The lowest BCUT2D eigenvalue weighted by atomic mass is 9.96. The van der Waals surface area contributed by atoms with E-state index in [-0.39, 0.29) is 23.8 Å². The summed E-state index contributed by atoms with van der Waals surface area (Å²) in [5.74, 6) is 0.998. The predicted molar refractivity (Wildman–Crippen MR) is 130 cm³/mol. The van der Waals surface area contributed by atoms with Crippen LogP contribution in [-0.2, 0) is 0 Å². The highest BCUT2D eigenvalue weighted by Gasteiger charge is 2.46. The average molecular weight is 517 g/mol. The molecule has 196 valence electrons. The molecule has 0 bridgehead atoms. The van der Waals surface area contributed by atoms with E-state index in [1.807, 2.05) is 0 Å². The summed E-state index contributed by atoms with van der Waals surface area (Å²) in [7, 11) is 2.98. The van der Waals surface area contributed by atoms with Crippen molar-refractivity contribution in [3.05, 3.63) is 53.9 Å². The number of piperazine rings is 1. The summed E-state index contributed by atoms with van der Waals surface area (Å²) in [6, 6.07) is 7.43. The summed E-state index contributed by atoms with van der Waals surface area (Å²) >= 11 is 0. The molecule has 2 N–H and O–H groups in total. The smallest absolute Gasteiger partial charge is 0.410 e. The van der Waals surface area contributed by atoms with E-state index in [9.17, 15) is 18.0 Å². The highest BCUT2D eigenvalue weighted by molar-refractivity contribution is 5.92. The van der Waals surface area contributed by atoms with Crippen LogP contribution in [0.2, 0.25) is 0 Å². The van der Waals surface area contributed by atoms with E-state index in [4.69, 9.17) is 9.47 Å². The number of benzene rings is 1. The number of anilines is 1. The molecule has 0 radical (unpaired) electrons. The molecule has 1 aromatic carbocycles. The largest absolute Gasteiger partial charge is 0.493 e. The van der Waals surface area contributed by atoms with Gasteiger partial charge in [-0.15, -0.1) is 0 Å². The second-order valence-electron chi connectivity index (χ2n) is 8.94. The molecule has 0 aliphatic carbocycles. The Kier molecular flexibility index (Phi) is 6.67. The molecule has 2 unspecified atom stereocenters. The van der Waals surface area contributed by atoms with Crippen LogP contribution in [0, 0.1) is 0 Å². The van der Waals surface area contributed by atoms with Crippen LogP contribution in [-0.4, -0.2) is 72.1 Å². The Labute approximate surface area is 211 Å². The molecule has 37 heavy (non-hydrogen) atoms. The molecule has 4 heterocycles. The minimum atomic E-state index is -4.51. The number of carbonyl (C=O) groups excluding carboxylic acids is 1. The van der Waals surface area contributed by atoms with Crippen molar-refractivity contribution in [2.45, 2.75) is 24.7 Å². The average Bonchev–Trinajstić information content (AvgIpc) is 3.36. The molecule has 12 heteroatoms. The fourth-order valence-electron chi connectivity index (χ4n) is 4.70. The Morgan fingerprint density at radius 3 is 2.46 bits per heavy atom. The summed E-state index contributed by atoms with van der Waals surface area (Å²) in [6.45, 7) is 2.65. The number of hydrogen-bond donors (Lipinski definition) is 2. The summed E-state index contributed by atoms with van der Waals surface area (Å²) in [5, 5.41) is 10.6. The first-order valence-electron chi connectivity index (χ1n) is 11.9. The third-order valence-electron chi connectivity index (χ3n) is 6.68. The molecular weight excluding hydrogens is 489 g/mol. The minimum Gasteiger partial charge on any atom is -0.493 e. The summed E-state index contributed by atoms with van der Waals surface area (Å²) in [4.78, 5) is 18.7. The first-order valence-corrected chi connectivity index (χ1v) is 11.9. The van der Waals surface area contributed by atoms with Gasteiger partial charge in [0, 0.05) is 50.4 Å². The molecule has 2 aliphatic heterocycles. The number of nitrogens with zero attached hydrogens (tertiary/aromatic N) is 4. The van der Waals surface area contributed by atoms with Gasteiger partial charge in [0.1, 0.15) is 11.5 Å². The first kappa shape index (κ1) is 24.9. The van der Waals surface area contributed by atoms with Gasteiger partial charge >= 0.3 is 6.18 Å². The molecular formula is C25H27F3N6O3. The highest BCUT2D eigenvalue weighted by atomic mass is 19.4. The van der Waals surface area contributed by atoms with Gasteiger partial charge in [-0.05, 0) is 29.8 Å². The van der Waals surface area contributed by atoms with E-state index < -0.39 is 18.3 Å². The summed E-state index contributed by atoms with van der Waals surface area (Å²) < 4.78 is 53.9. The first-order chi connectivity index (χ1) is 17.8. The van der Waals surface area contributed by atoms with E-state index in [1.165, 1.54) is 20.4 Å². The lowest BCUT2D eigenvalue weighted by molar-refractivity contribution is -0.173. The molecule has 0 saturated carbocycles. The SMILES string of the molecule is COc1ccc(C2CC(C(F)(F)F)n3nc(-c4ccc(C(=O)N5CCNCC5)nc4)cc3N2)cc1OC. The lowest BCUT2D eigenvalue weighted by Crippen LogP contribution is -2.46. The van der Waals surface area contributed by atoms with Crippen molar-refractivity contribution in [1.29, 1.82) is 0 Å². The zero-order valence-corrected chi connectivity index (χ0v) is 20.4. The number of halogens is 3. The second kappa shape index (κ2) is 9.92. The maximum absolute atomic E-state index is 14.1. The van der Waals surface area contributed by atoms with Gasteiger partial charge < -0.3 is 25.0 Å². The van der Waals surface area contributed by atoms with Crippen LogP contribution in [0.3, 0.4) is 0 Å². The van der Waals surface area contributed by atoms with Gasteiger partial charge in [0.25, 0.3) is 5.91 Å². The van der Waals surface area contributed by atoms with Crippen molar-refractivity contribution < 1.29 is 27.4 Å². The Morgan fingerprint density at radius 2 is 1.81 bits per heavy atom. The van der Waals surface area contributed by atoms with Crippen molar-refractivity contribution in [3.8, 4) is 22.8 Å². The third-order valence-corrected chi connectivity index (χ3v) is 6.68. The van der Waals surface area contributed by atoms with Crippen LogP contribution in [0.5, 0.6) is 11.5 Å². The molecule has 1 amide bonds. The van der Waals surface area contributed by atoms with Gasteiger partial charge in [0.2, 0.25) is 0 Å². The third kappa shape index (κ3) is 4.93. The number of fused-ring (bicyclic) bond motifs is 1. The number of rotatable bonds is 5. The maximum Gasteiger partial charge on any atom is 0.410 e. The zero-order chi connectivity index (χ0) is 26.2. The fourth-order valence-corrected chi connectivity index (χ4v) is 4.70. The van der Waals surface area contributed by atoms with E-state index >= 15 is 0 Å². The van der Waals surface area contributed by atoms with Crippen molar-refractivity contribution in [2.24, 2.45) is 0 Å². The molecule has 2 atom stereocenters. The number of carbonyl (C=O) groups is 1. The van der Waals surface area contributed by atoms with Gasteiger partial charge in [-0.1, -0.05) is 6.07 Å². The zero-order valence-electron chi connectivity index (χ0n) is 20.4. The van der Waals surface area contributed by atoms with E-state index in [0.717, 1.165) is 17.8 Å². The Morgan fingerprint density at radius 1 is 1.05 bits per heavy atom. The standard InChI is InChI=1S/C25H27F3N6O3/c1-36-20-6-4-15(11-21(20)37-2)18-12-22(25(26,27)28)34-23(31-18)13-19(32-34)16-3-5-17(30-14-16)24(35)33-9-7-29-8-10-33/h3-6,11,13-14,18,22,29,31H,7-10,12H2,1-2H3. The molecule has 0 spiro atoms. The molecule has 1 saturated heterocycles. The van der Waals surface area contributed by atoms with Crippen LogP contribution in [0.15, 0.2) is 42.6 Å². The molecule has 9 nitrogen and oxygen atoms in total. The summed E-state index contributed by atoms with van der Waals surface area (Å²) in [5.41, 5.74) is 1.77. The molecule has 2 aromatic heterocycles. The molecule has 5 rings (SSSR count). The van der Waals surface area contributed by atoms with Crippen molar-refractivity contribution in [3.63, 3.8) is 0 Å². The van der Waals surface area contributed by atoms with Gasteiger partial charge in [0.15, 0.2) is 17.5 Å². The number of nitrogens with one attached hydrogen (secondary N) is 2.